The van der Waals surface area contributed by atoms with Gasteiger partial charge in [-0.25, -0.2) is 14.8 Å². The molecule has 3 heterocycles. The summed E-state index contributed by atoms with van der Waals surface area (Å²) in [4.78, 5) is 44.0. The maximum absolute atomic E-state index is 13.8. The zero-order valence-electron chi connectivity index (χ0n) is 26.1. The lowest BCUT2D eigenvalue weighted by Crippen LogP contribution is -2.57. The molecule has 2 N–H and O–H groups in total. The molecule has 3 amide bonds. The monoisotopic (exact) mass is 700 g/mol. The van der Waals surface area contributed by atoms with Gasteiger partial charge in [0.05, 0.1) is 36.3 Å². The molecule has 1 aliphatic heterocycles. The zero-order valence-corrected chi connectivity index (χ0v) is 28.4. The van der Waals surface area contributed by atoms with Crippen LogP contribution in [0.4, 0.5) is 16.3 Å². The first kappa shape index (κ1) is 34.1. The van der Waals surface area contributed by atoms with Crippen LogP contribution in [-0.4, -0.2) is 76.3 Å². The van der Waals surface area contributed by atoms with Crippen molar-refractivity contribution in [1.29, 1.82) is 0 Å². The number of amides is 3. The average Bonchev–Trinajstić information content (AvgIpc) is 3.61. The van der Waals surface area contributed by atoms with Crippen LogP contribution in [0.25, 0.3) is 5.95 Å². The highest BCUT2D eigenvalue weighted by atomic mass is 35.5. The first-order valence-electron chi connectivity index (χ1n) is 15.0. The largest absolute Gasteiger partial charge is 0.493 e. The molecular weight excluding hydrogens is 667 g/mol. The number of nitrogens with one attached hydrogen (secondary N) is 2. The van der Waals surface area contributed by atoms with E-state index in [9.17, 15) is 9.59 Å². The molecule has 248 valence electrons. The summed E-state index contributed by atoms with van der Waals surface area (Å²) in [7, 11) is 3.16. The SMILES string of the molecule is CCCC(NC(=O)CC1CN(C(=O)Nc2ccc(Cl)c(Cl)c2)CCN1c1cc(Cl)nc(-n2ccnc2)n1)c1ccc(OC)c(OC)c1. The molecule has 2 aromatic carbocycles. The summed E-state index contributed by atoms with van der Waals surface area (Å²) in [5.74, 6) is 1.87. The number of carbonyl (C=O) groups excluding carboxylic acids is 2. The Labute approximate surface area is 287 Å². The Morgan fingerprint density at radius 3 is 2.51 bits per heavy atom. The summed E-state index contributed by atoms with van der Waals surface area (Å²) in [6, 6.07) is 11.1. The standard InChI is InChI=1S/C32H35Cl3N8O4/c1-4-5-25(20-6-9-26(46-2)27(14-20)47-3)38-30(44)16-22-18-41(32(45)37-21-7-8-23(33)24(34)15-21)12-13-43(22)29-17-28(35)39-31(40-29)42-11-10-36-19-42/h6-11,14-15,17,19,22,25H,4-5,12-13,16,18H2,1-3H3,(H,37,45)(H,38,44). The van der Waals surface area contributed by atoms with E-state index in [1.807, 2.05) is 23.1 Å². The first-order valence-corrected chi connectivity index (χ1v) is 16.1. The van der Waals surface area contributed by atoms with Crippen LogP contribution in [0.3, 0.4) is 0 Å². The maximum atomic E-state index is 13.8. The second kappa shape index (κ2) is 15.6. The van der Waals surface area contributed by atoms with Gasteiger partial charge >= 0.3 is 6.03 Å². The Hall–Kier alpha value is -4.26. The summed E-state index contributed by atoms with van der Waals surface area (Å²) < 4.78 is 12.5. The Balaban J connectivity index is 1.39. The third kappa shape index (κ3) is 8.37. The summed E-state index contributed by atoms with van der Waals surface area (Å²) in [5.41, 5.74) is 1.40. The fourth-order valence-corrected chi connectivity index (χ4v) is 5.95. The van der Waals surface area contributed by atoms with Crippen LogP contribution in [-0.2, 0) is 4.79 Å². The van der Waals surface area contributed by atoms with E-state index in [0.717, 1.165) is 12.0 Å². The molecule has 12 nitrogen and oxygen atoms in total. The predicted octanol–water partition coefficient (Wildman–Crippen LogP) is 6.41. The van der Waals surface area contributed by atoms with Crippen LogP contribution in [0.1, 0.15) is 37.8 Å². The lowest BCUT2D eigenvalue weighted by Gasteiger charge is -2.42. The van der Waals surface area contributed by atoms with Gasteiger partial charge in [0.15, 0.2) is 11.5 Å². The van der Waals surface area contributed by atoms with Gasteiger partial charge in [0.1, 0.15) is 17.3 Å². The summed E-state index contributed by atoms with van der Waals surface area (Å²) in [6.45, 7) is 3.04. The van der Waals surface area contributed by atoms with Gasteiger partial charge in [-0.2, -0.15) is 4.98 Å². The zero-order chi connectivity index (χ0) is 33.5. The Bertz CT molecular complexity index is 1710. The van der Waals surface area contributed by atoms with E-state index in [2.05, 4.69) is 27.5 Å². The van der Waals surface area contributed by atoms with Crippen molar-refractivity contribution in [2.24, 2.45) is 0 Å². The number of carbonyl (C=O) groups is 2. The number of halogens is 3. The number of anilines is 2. The number of urea groups is 1. The fraction of sp³-hybridized carbons (Fsp3) is 0.344. The molecule has 1 fully saturated rings. The van der Waals surface area contributed by atoms with Gasteiger partial charge in [-0.3, -0.25) is 9.36 Å². The Morgan fingerprint density at radius 1 is 1.00 bits per heavy atom. The number of ether oxygens (including phenoxy) is 2. The van der Waals surface area contributed by atoms with E-state index >= 15 is 0 Å². The molecule has 0 saturated carbocycles. The third-order valence-corrected chi connectivity index (χ3v) is 8.72. The average molecular weight is 702 g/mol. The molecule has 2 aromatic heterocycles. The molecule has 5 rings (SSSR count). The van der Waals surface area contributed by atoms with Crippen molar-refractivity contribution in [2.45, 2.75) is 38.3 Å². The highest BCUT2D eigenvalue weighted by Gasteiger charge is 2.33. The highest BCUT2D eigenvalue weighted by Crippen LogP contribution is 2.32. The van der Waals surface area contributed by atoms with Crippen molar-refractivity contribution in [3.8, 4) is 17.4 Å². The van der Waals surface area contributed by atoms with Crippen molar-refractivity contribution >= 4 is 58.2 Å². The van der Waals surface area contributed by atoms with E-state index in [1.54, 1.807) is 66.7 Å². The van der Waals surface area contributed by atoms with Gasteiger partial charge in [0, 0.05) is 50.2 Å². The van der Waals surface area contributed by atoms with E-state index in [4.69, 9.17) is 49.3 Å². The van der Waals surface area contributed by atoms with Crippen LogP contribution < -0.4 is 25.0 Å². The molecule has 1 aliphatic rings. The highest BCUT2D eigenvalue weighted by molar-refractivity contribution is 6.42. The van der Waals surface area contributed by atoms with Gasteiger partial charge in [0.25, 0.3) is 0 Å². The van der Waals surface area contributed by atoms with Crippen molar-refractivity contribution < 1.29 is 19.1 Å². The van der Waals surface area contributed by atoms with E-state index < -0.39 is 6.04 Å². The minimum absolute atomic E-state index is 0.0755. The molecule has 15 heteroatoms. The van der Waals surface area contributed by atoms with Gasteiger partial charge in [0.2, 0.25) is 11.9 Å². The van der Waals surface area contributed by atoms with Crippen molar-refractivity contribution in [2.75, 3.05) is 44.1 Å². The summed E-state index contributed by atoms with van der Waals surface area (Å²) in [6.07, 6.45) is 6.54. The molecule has 47 heavy (non-hydrogen) atoms. The molecule has 0 aliphatic carbocycles. The summed E-state index contributed by atoms with van der Waals surface area (Å²) in [5, 5.41) is 7.03. The van der Waals surface area contributed by atoms with E-state index in [0.29, 0.717) is 58.5 Å². The van der Waals surface area contributed by atoms with Crippen molar-refractivity contribution in [1.82, 2.24) is 29.7 Å². The normalized spacial score (nSPS) is 15.2. The quantitative estimate of drug-likeness (QED) is 0.172. The van der Waals surface area contributed by atoms with E-state index in [-0.39, 0.29) is 36.1 Å². The Kier molecular flexibility index (Phi) is 11.3. The van der Waals surface area contributed by atoms with Crippen molar-refractivity contribution in [3.05, 3.63) is 81.9 Å². The van der Waals surface area contributed by atoms with Crippen LogP contribution >= 0.6 is 34.8 Å². The van der Waals surface area contributed by atoms with E-state index in [1.165, 1.54) is 0 Å². The van der Waals surface area contributed by atoms with Crippen molar-refractivity contribution in [3.63, 3.8) is 0 Å². The molecule has 4 aromatic rings. The number of piperazine rings is 1. The summed E-state index contributed by atoms with van der Waals surface area (Å²) >= 11 is 18.7. The fourth-order valence-electron chi connectivity index (χ4n) is 5.47. The molecular formula is C32H35Cl3N8O4. The third-order valence-electron chi connectivity index (χ3n) is 7.78. The topological polar surface area (TPSA) is 127 Å². The number of hydrogen-bond donors (Lipinski definition) is 2. The minimum atomic E-state index is -0.447. The van der Waals surface area contributed by atoms with Crippen LogP contribution in [0.15, 0.2) is 61.2 Å². The molecule has 0 radical (unpaired) electrons. The lowest BCUT2D eigenvalue weighted by molar-refractivity contribution is -0.122. The number of rotatable bonds is 11. The molecule has 0 spiro atoms. The second-order valence-electron chi connectivity index (χ2n) is 10.9. The number of nitrogens with zero attached hydrogens (tertiary/aromatic N) is 6. The van der Waals surface area contributed by atoms with Gasteiger partial charge in [-0.05, 0) is 42.3 Å². The van der Waals surface area contributed by atoms with Crippen LogP contribution in [0, 0.1) is 0 Å². The number of imidazole rings is 1. The van der Waals surface area contributed by atoms with Gasteiger partial charge < -0.3 is 29.9 Å². The maximum Gasteiger partial charge on any atom is 0.321 e. The Morgan fingerprint density at radius 2 is 1.81 bits per heavy atom. The molecule has 2 atom stereocenters. The second-order valence-corrected chi connectivity index (χ2v) is 12.1. The lowest BCUT2D eigenvalue weighted by atomic mass is 10.0. The smallest absolute Gasteiger partial charge is 0.321 e. The van der Waals surface area contributed by atoms with Crippen LogP contribution in [0.5, 0.6) is 11.5 Å². The molecule has 2 unspecified atom stereocenters. The number of aromatic nitrogens is 4. The van der Waals surface area contributed by atoms with Gasteiger partial charge in [-0.1, -0.05) is 54.2 Å². The predicted molar refractivity (Wildman–Crippen MR) is 182 cm³/mol. The first-order chi connectivity index (χ1) is 22.7. The molecule has 1 saturated heterocycles. The molecule has 0 bridgehead atoms. The van der Waals surface area contributed by atoms with Gasteiger partial charge in [-0.15, -0.1) is 0 Å². The van der Waals surface area contributed by atoms with Crippen LogP contribution in [0.2, 0.25) is 15.2 Å². The number of hydrogen-bond acceptors (Lipinski definition) is 8. The number of methoxy groups -OCH3 is 2. The number of benzene rings is 2. The minimum Gasteiger partial charge on any atom is -0.493 e.